The van der Waals surface area contributed by atoms with Crippen molar-refractivity contribution < 1.29 is 4.74 Å². The molecule has 0 aromatic carbocycles. The first-order chi connectivity index (χ1) is 3.43. The van der Waals surface area contributed by atoms with Crippen molar-refractivity contribution in [3.63, 3.8) is 0 Å². The van der Waals surface area contributed by atoms with Gasteiger partial charge in [0.05, 0.1) is 0 Å². The van der Waals surface area contributed by atoms with E-state index >= 15 is 0 Å². The van der Waals surface area contributed by atoms with E-state index in [1.807, 2.05) is 0 Å². The third-order valence-corrected chi connectivity index (χ3v) is 2.39. The van der Waals surface area contributed by atoms with Crippen molar-refractivity contribution in [1.82, 2.24) is 0 Å². The summed E-state index contributed by atoms with van der Waals surface area (Å²) in [6, 6.07) is 0. The Labute approximate surface area is 61.8 Å². The Bertz CT molecular complexity index is 50.0. The van der Waals surface area contributed by atoms with Gasteiger partial charge in [0, 0.05) is 0 Å². The predicted molar refractivity (Wildman–Crippen MR) is 29.5 cm³/mol. The van der Waals surface area contributed by atoms with E-state index in [-0.39, 0.29) is 0 Å². The Hall–Kier alpha value is 0.960. The Morgan fingerprint density at radius 1 is 1.71 bits per heavy atom. The molecule has 1 saturated heterocycles. The van der Waals surface area contributed by atoms with Crippen molar-refractivity contribution >= 4 is 27.9 Å². The monoisotopic (exact) mass is 108 g/mol. The topological polar surface area (TPSA) is 9.23 Å². The Balaban J connectivity index is 2.14. The number of rotatable bonds is 1. The fourth-order valence-corrected chi connectivity index (χ4v) is 1.61. The van der Waals surface area contributed by atoms with Crippen LogP contribution in [0, 0.1) is 0 Å². The summed E-state index contributed by atoms with van der Waals surface area (Å²) in [6.45, 7) is 1.02. The molecule has 2 heteroatoms. The molecule has 0 bridgehead atoms. The van der Waals surface area contributed by atoms with E-state index in [9.17, 15) is 0 Å². The van der Waals surface area contributed by atoms with Crippen LogP contribution in [-0.4, -0.2) is 40.6 Å². The molecule has 0 aliphatic carbocycles. The minimum absolute atomic E-state index is 0.659. The van der Waals surface area contributed by atoms with Gasteiger partial charge < -0.3 is 0 Å². The molecule has 36 valence electrons. The van der Waals surface area contributed by atoms with Gasteiger partial charge in [-0.25, -0.2) is 0 Å². The van der Waals surface area contributed by atoms with E-state index in [0.29, 0.717) is 6.10 Å². The van der Waals surface area contributed by atoms with E-state index in [1.54, 1.807) is 0 Å². The molecule has 0 N–H and O–H groups in total. The second kappa shape index (κ2) is 3.08. The Kier molecular flexibility index (Phi) is 2.68. The zero-order chi connectivity index (χ0) is 5.11. The van der Waals surface area contributed by atoms with Crippen LogP contribution < -0.4 is 0 Å². The van der Waals surface area contributed by atoms with Gasteiger partial charge in [-0.15, -0.1) is 0 Å². The van der Waals surface area contributed by atoms with Crippen molar-refractivity contribution in [3.8, 4) is 0 Å². The van der Waals surface area contributed by atoms with Gasteiger partial charge in [-0.1, -0.05) is 0 Å². The average molecular weight is 108 g/mol. The molecule has 0 radical (unpaired) electrons. The normalized spacial score (nSPS) is 31.4. The summed E-state index contributed by atoms with van der Waals surface area (Å²) in [7, 11) is 0. The van der Waals surface area contributed by atoms with Gasteiger partial charge >= 0.3 is 61.9 Å². The molecule has 0 spiro atoms. The van der Waals surface area contributed by atoms with Crippen LogP contribution in [0.4, 0.5) is 0 Å². The van der Waals surface area contributed by atoms with Crippen LogP contribution in [0.2, 0.25) is 3.67 Å². The second-order valence-electron chi connectivity index (χ2n) is 2.04. The maximum atomic E-state index is 5.34. The molecule has 1 rings (SSSR count). The molecule has 0 aromatic heterocycles. The first-order valence-corrected chi connectivity index (χ1v) is 4.46. The van der Waals surface area contributed by atoms with Gasteiger partial charge in [0.2, 0.25) is 0 Å². The molecule has 1 atom stereocenters. The standard InChI is InChI=1S/C5H9O.Na/c1-5-3-2-4-6-5;/h5H,1-4H2;. The van der Waals surface area contributed by atoms with Gasteiger partial charge in [0.15, 0.2) is 0 Å². The fraction of sp³-hybridized carbons (Fsp3) is 1.00. The van der Waals surface area contributed by atoms with Crippen LogP contribution in [0.5, 0.6) is 0 Å². The van der Waals surface area contributed by atoms with Crippen LogP contribution in [-0.2, 0) is 4.74 Å². The van der Waals surface area contributed by atoms with Gasteiger partial charge in [-0.05, 0) is 0 Å². The summed E-state index contributed by atoms with van der Waals surface area (Å²) < 4.78 is 6.67. The van der Waals surface area contributed by atoms with E-state index in [1.165, 1.54) is 44.4 Å². The van der Waals surface area contributed by atoms with Crippen molar-refractivity contribution in [1.29, 1.82) is 0 Å². The molecule has 7 heavy (non-hydrogen) atoms. The van der Waals surface area contributed by atoms with Crippen LogP contribution in [0.15, 0.2) is 0 Å². The van der Waals surface area contributed by atoms with Crippen molar-refractivity contribution in [2.75, 3.05) is 6.61 Å². The van der Waals surface area contributed by atoms with Crippen molar-refractivity contribution in [2.45, 2.75) is 22.6 Å². The Morgan fingerprint density at radius 2 is 2.57 bits per heavy atom. The molecule has 0 aromatic rings. The van der Waals surface area contributed by atoms with Gasteiger partial charge in [0.1, 0.15) is 0 Å². The molecule has 1 unspecified atom stereocenters. The third-order valence-electron chi connectivity index (χ3n) is 1.48. The predicted octanol–water partition coefficient (Wildman–Crippen LogP) is 0.752. The first kappa shape index (κ1) is 6.09. The zero-order valence-corrected chi connectivity index (χ0v) is 6.81. The second-order valence-corrected chi connectivity index (χ2v) is 2.86. The van der Waals surface area contributed by atoms with Crippen LogP contribution in [0.3, 0.4) is 0 Å². The third kappa shape index (κ3) is 1.73. The molecule has 1 fully saturated rings. The maximum absolute atomic E-state index is 5.34. The summed E-state index contributed by atoms with van der Waals surface area (Å²) in [5, 5.41) is 0. The van der Waals surface area contributed by atoms with Crippen LogP contribution in [0.25, 0.3) is 0 Å². The SMILES string of the molecule is [Na][CH2]C1CCCO1. The number of hydrogen-bond donors (Lipinski definition) is 0. The van der Waals surface area contributed by atoms with Crippen molar-refractivity contribution in [2.24, 2.45) is 0 Å². The summed E-state index contributed by atoms with van der Waals surface area (Å²) in [5.41, 5.74) is 0. The van der Waals surface area contributed by atoms with Crippen LogP contribution in [0.1, 0.15) is 12.8 Å². The molecule has 1 nitrogen and oxygen atoms in total. The molecule has 0 saturated carbocycles. The Morgan fingerprint density at radius 3 is 2.86 bits per heavy atom. The molecular weight excluding hydrogens is 99.0 g/mol. The number of ether oxygens (including phenoxy) is 1. The van der Waals surface area contributed by atoms with Gasteiger partial charge in [-0.2, -0.15) is 0 Å². The molecule has 0 amide bonds. The van der Waals surface area contributed by atoms with E-state index in [2.05, 4.69) is 0 Å². The van der Waals surface area contributed by atoms with Crippen LogP contribution >= 0.6 is 0 Å². The summed E-state index contributed by atoms with van der Waals surface area (Å²) in [5.74, 6) is 0. The summed E-state index contributed by atoms with van der Waals surface area (Å²) in [4.78, 5) is 0. The zero-order valence-electron chi connectivity index (χ0n) is 4.81. The molecule has 1 heterocycles. The van der Waals surface area contributed by atoms with Crippen molar-refractivity contribution in [3.05, 3.63) is 0 Å². The quantitative estimate of drug-likeness (QED) is 0.450. The fourth-order valence-electron chi connectivity index (χ4n) is 0.966. The van der Waals surface area contributed by atoms with Gasteiger partial charge in [-0.3, -0.25) is 0 Å². The summed E-state index contributed by atoms with van der Waals surface area (Å²) >= 11 is 1.31. The summed E-state index contributed by atoms with van der Waals surface area (Å²) in [6.07, 6.45) is 3.28. The van der Waals surface area contributed by atoms with E-state index in [4.69, 9.17) is 4.74 Å². The van der Waals surface area contributed by atoms with E-state index in [0.717, 1.165) is 6.61 Å². The minimum atomic E-state index is 0.659. The van der Waals surface area contributed by atoms with Gasteiger partial charge in [0.25, 0.3) is 0 Å². The van der Waals surface area contributed by atoms with E-state index < -0.39 is 0 Å². The first-order valence-electron chi connectivity index (χ1n) is 3.05. The average Bonchev–Trinajstić information content (AvgIpc) is 2.14. The number of hydrogen-bond acceptors (Lipinski definition) is 1. The molecule has 1 aliphatic rings. The molecular formula is C5H9NaO. The molecule has 1 aliphatic heterocycles.